The van der Waals surface area contributed by atoms with Gasteiger partial charge in [0.25, 0.3) is 11.8 Å². The summed E-state index contributed by atoms with van der Waals surface area (Å²) in [5.41, 5.74) is 4.60. The second-order valence-electron chi connectivity index (χ2n) is 7.13. The van der Waals surface area contributed by atoms with E-state index in [1.165, 1.54) is 7.11 Å². The van der Waals surface area contributed by atoms with Crippen molar-refractivity contribution in [3.8, 4) is 11.5 Å². The van der Waals surface area contributed by atoms with Crippen LogP contribution in [0.4, 0.5) is 0 Å². The van der Waals surface area contributed by atoms with Crippen LogP contribution < -0.4 is 14.9 Å². The second-order valence-corrected chi connectivity index (χ2v) is 9.22. The first kappa shape index (κ1) is 23.8. The monoisotopic (exact) mass is 510 g/mol. The van der Waals surface area contributed by atoms with E-state index in [1.807, 2.05) is 30.3 Å². The zero-order valence-electron chi connectivity index (χ0n) is 18.0. The average Bonchev–Trinajstić information content (AvgIpc) is 3.11. The van der Waals surface area contributed by atoms with Crippen molar-refractivity contribution in [2.75, 3.05) is 7.11 Å². The van der Waals surface area contributed by atoms with Crippen molar-refractivity contribution < 1.29 is 19.1 Å². The van der Waals surface area contributed by atoms with Crippen molar-refractivity contribution in [2.24, 2.45) is 0 Å². The third-order valence-corrected chi connectivity index (χ3v) is 6.40. The molecule has 4 rings (SSSR count). The molecule has 3 aromatic carbocycles. The molecule has 3 aromatic rings. The Morgan fingerprint density at radius 3 is 2.47 bits per heavy atom. The summed E-state index contributed by atoms with van der Waals surface area (Å²) >= 11 is 12.9. The summed E-state index contributed by atoms with van der Waals surface area (Å²) in [6.07, 6.45) is 1.64. The normalized spacial score (nSPS) is 14.4. The maximum atomic E-state index is 12.9. The maximum Gasteiger partial charge on any atom is 0.285 e. The van der Waals surface area contributed by atoms with Crippen molar-refractivity contribution in [3.05, 3.63) is 99.4 Å². The lowest BCUT2D eigenvalue weighted by molar-refractivity contribution is -0.123. The van der Waals surface area contributed by atoms with E-state index in [2.05, 4.69) is 5.43 Å². The van der Waals surface area contributed by atoms with Crippen LogP contribution in [0.25, 0.3) is 6.08 Å². The molecule has 1 fully saturated rings. The number of hydrazine groups is 1. The number of carbonyl (C=O) groups excluding carboxylic acids is 2. The van der Waals surface area contributed by atoms with Crippen molar-refractivity contribution in [1.82, 2.24) is 10.4 Å². The van der Waals surface area contributed by atoms with Crippen LogP contribution in [0.2, 0.25) is 5.02 Å². The molecule has 0 radical (unpaired) electrons. The molecule has 2 amide bonds. The number of benzene rings is 3. The molecule has 9 heteroatoms. The van der Waals surface area contributed by atoms with Gasteiger partial charge in [-0.2, -0.15) is 5.01 Å². The highest BCUT2D eigenvalue weighted by Gasteiger charge is 2.34. The smallest absolute Gasteiger partial charge is 0.285 e. The van der Waals surface area contributed by atoms with Crippen molar-refractivity contribution in [3.63, 3.8) is 0 Å². The van der Waals surface area contributed by atoms with Gasteiger partial charge in [-0.05, 0) is 53.7 Å². The van der Waals surface area contributed by atoms with Gasteiger partial charge in [-0.25, -0.2) is 0 Å². The molecule has 172 valence electrons. The fraction of sp³-hybridized carbons (Fsp3) is 0.0800. The Hall–Kier alpha value is -3.33. The van der Waals surface area contributed by atoms with Gasteiger partial charge < -0.3 is 9.47 Å². The van der Waals surface area contributed by atoms with E-state index in [4.69, 9.17) is 33.3 Å². The van der Waals surface area contributed by atoms with Crippen LogP contribution in [-0.2, 0) is 11.4 Å². The fourth-order valence-corrected chi connectivity index (χ4v) is 4.62. The van der Waals surface area contributed by atoms with Gasteiger partial charge in [0.2, 0.25) is 0 Å². The zero-order valence-corrected chi connectivity index (χ0v) is 20.4. The highest BCUT2D eigenvalue weighted by molar-refractivity contribution is 8.26. The van der Waals surface area contributed by atoms with Gasteiger partial charge in [-0.1, -0.05) is 71.9 Å². The second kappa shape index (κ2) is 10.7. The number of ether oxygens (including phenoxy) is 2. The minimum atomic E-state index is -0.432. The number of thioether (sulfide) groups is 1. The molecule has 0 aliphatic carbocycles. The maximum absolute atomic E-state index is 12.9. The molecule has 6 nitrogen and oxygen atoms in total. The highest BCUT2D eigenvalue weighted by Crippen LogP contribution is 2.39. The number of methoxy groups -OCH3 is 1. The van der Waals surface area contributed by atoms with E-state index in [1.54, 1.807) is 48.5 Å². The molecule has 1 heterocycles. The fourth-order valence-electron chi connectivity index (χ4n) is 3.16. The first-order chi connectivity index (χ1) is 16.5. The van der Waals surface area contributed by atoms with Gasteiger partial charge in [0.1, 0.15) is 6.61 Å². The van der Waals surface area contributed by atoms with Crippen LogP contribution in [-0.4, -0.2) is 28.3 Å². The molecule has 1 N–H and O–H groups in total. The van der Waals surface area contributed by atoms with E-state index >= 15 is 0 Å². The summed E-state index contributed by atoms with van der Waals surface area (Å²) in [6, 6.07) is 21.7. The molecule has 0 aromatic heterocycles. The third kappa shape index (κ3) is 5.41. The predicted octanol–water partition coefficient (Wildman–Crippen LogP) is 5.47. The number of hydrogen-bond acceptors (Lipinski definition) is 6. The Balaban J connectivity index is 1.51. The highest BCUT2D eigenvalue weighted by atomic mass is 35.5. The van der Waals surface area contributed by atoms with Gasteiger partial charge in [-0.15, -0.1) is 0 Å². The Morgan fingerprint density at radius 2 is 1.79 bits per heavy atom. The summed E-state index contributed by atoms with van der Waals surface area (Å²) in [7, 11) is 1.52. The van der Waals surface area contributed by atoms with E-state index in [-0.39, 0.29) is 4.32 Å². The summed E-state index contributed by atoms with van der Waals surface area (Å²) in [4.78, 5) is 25.7. The minimum absolute atomic E-state index is 0.224. The summed E-state index contributed by atoms with van der Waals surface area (Å²) in [6.45, 7) is 0.329. The Kier molecular flexibility index (Phi) is 7.52. The number of nitrogens with zero attached hydrogens (tertiary/aromatic N) is 1. The molecule has 0 unspecified atom stereocenters. The number of nitrogens with one attached hydrogen (secondary N) is 1. The lowest BCUT2D eigenvalue weighted by Gasteiger charge is -2.15. The molecule has 0 saturated carbocycles. The van der Waals surface area contributed by atoms with E-state index < -0.39 is 11.8 Å². The standard InChI is InChI=1S/C25H19ClN2O4S2/c1-31-20-13-17(12-19(26)22(20)32-15-16-8-4-2-5-9-16)14-21-24(30)28(25(33)34-21)27-23(29)18-10-6-3-7-11-18/h2-14H,15H2,1H3,(H,27,29)/b21-14+. The summed E-state index contributed by atoms with van der Waals surface area (Å²) in [5, 5.41) is 1.41. The van der Waals surface area contributed by atoms with Crippen LogP contribution in [0.1, 0.15) is 21.5 Å². The molecule has 0 bridgehead atoms. The number of thiocarbonyl (C=S) groups is 1. The Labute approximate surface area is 211 Å². The lowest BCUT2D eigenvalue weighted by atomic mass is 10.1. The van der Waals surface area contributed by atoms with Gasteiger partial charge >= 0.3 is 0 Å². The van der Waals surface area contributed by atoms with Gasteiger partial charge in [0.05, 0.1) is 17.0 Å². The number of halogens is 1. The molecule has 0 spiro atoms. The molecular formula is C25H19ClN2O4S2. The van der Waals surface area contributed by atoms with Crippen LogP contribution >= 0.6 is 35.6 Å². The van der Waals surface area contributed by atoms with Crippen LogP contribution in [0.5, 0.6) is 11.5 Å². The van der Waals surface area contributed by atoms with Gasteiger partial charge in [-0.3, -0.25) is 15.0 Å². The average molecular weight is 511 g/mol. The van der Waals surface area contributed by atoms with Gasteiger partial charge in [0, 0.05) is 5.56 Å². The molecule has 1 saturated heterocycles. The van der Waals surface area contributed by atoms with E-state index in [9.17, 15) is 9.59 Å². The van der Waals surface area contributed by atoms with Crippen LogP contribution in [0, 0.1) is 0 Å². The van der Waals surface area contributed by atoms with Crippen molar-refractivity contribution in [2.45, 2.75) is 6.61 Å². The van der Waals surface area contributed by atoms with E-state index in [0.29, 0.717) is 39.2 Å². The van der Waals surface area contributed by atoms with Crippen molar-refractivity contribution >= 4 is 57.8 Å². The topological polar surface area (TPSA) is 67.9 Å². The number of amides is 2. The Bertz CT molecular complexity index is 1270. The number of hydrogen-bond donors (Lipinski definition) is 1. The van der Waals surface area contributed by atoms with E-state index in [0.717, 1.165) is 22.3 Å². The quantitative estimate of drug-likeness (QED) is 0.335. The zero-order chi connectivity index (χ0) is 24.1. The molecule has 0 atom stereocenters. The SMILES string of the molecule is COc1cc(/C=C2/SC(=S)N(NC(=O)c3ccccc3)C2=O)cc(Cl)c1OCc1ccccc1. The van der Waals surface area contributed by atoms with Crippen LogP contribution in [0.3, 0.4) is 0 Å². The first-order valence-corrected chi connectivity index (χ1v) is 11.7. The first-order valence-electron chi connectivity index (χ1n) is 10.1. The number of carbonyl (C=O) groups is 2. The summed E-state index contributed by atoms with van der Waals surface area (Å²) in [5.74, 6) is -0.0167. The molecule has 34 heavy (non-hydrogen) atoms. The van der Waals surface area contributed by atoms with Gasteiger partial charge in [0.15, 0.2) is 15.8 Å². The summed E-state index contributed by atoms with van der Waals surface area (Å²) < 4.78 is 11.6. The lowest BCUT2D eigenvalue weighted by Crippen LogP contribution is -2.44. The van der Waals surface area contributed by atoms with Crippen molar-refractivity contribution in [1.29, 1.82) is 0 Å². The third-order valence-electron chi connectivity index (χ3n) is 4.82. The Morgan fingerprint density at radius 1 is 1.12 bits per heavy atom. The van der Waals surface area contributed by atoms with Crippen LogP contribution in [0.15, 0.2) is 77.7 Å². The minimum Gasteiger partial charge on any atom is -0.493 e. The number of rotatable bonds is 7. The molecule has 1 aliphatic rings. The predicted molar refractivity (Wildman–Crippen MR) is 138 cm³/mol. The molecular weight excluding hydrogens is 492 g/mol. The largest absolute Gasteiger partial charge is 0.493 e. The molecule has 1 aliphatic heterocycles.